The van der Waals surface area contributed by atoms with E-state index in [1.807, 2.05) is 10.3 Å². The summed E-state index contributed by atoms with van der Waals surface area (Å²) >= 11 is 1.59. The third-order valence-electron chi connectivity index (χ3n) is 6.65. The standard InChI is InChI=1S/C27H25N4OS/c1-33-31-19-30-25(16-20-17-28-24-15-9-8-14-23(20)24)27(32-18-26(30)29-31,21-10-4-2-5-11-21)22-12-6-3-7-13-22/h2-15,17,19,25,28H,16,18H2,1H3/q+1/t25-/m0/s1. The molecule has 5 aromatic rings. The van der Waals surface area contributed by atoms with Gasteiger partial charge in [-0.3, -0.25) is 0 Å². The van der Waals surface area contributed by atoms with Crippen LogP contribution >= 0.6 is 11.9 Å². The molecule has 164 valence electrons. The summed E-state index contributed by atoms with van der Waals surface area (Å²) in [6.07, 6.45) is 7.09. The highest BCUT2D eigenvalue weighted by Crippen LogP contribution is 2.48. The molecule has 0 saturated heterocycles. The fourth-order valence-electron chi connectivity index (χ4n) is 5.13. The maximum atomic E-state index is 6.88. The van der Waals surface area contributed by atoms with Gasteiger partial charge in [-0.05, 0) is 27.9 Å². The van der Waals surface area contributed by atoms with Gasteiger partial charge < -0.3 is 9.72 Å². The molecule has 0 bridgehead atoms. The van der Waals surface area contributed by atoms with E-state index in [2.05, 4.69) is 107 Å². The molecule has 1 aliphatic heterocycles. The van der Waals surface area contributed by atoms with Gasteiger partial charge in [0.1, 0.15) is 12.6 Å². The summed E-state index contributed by atoms with van der Waals surface area (Å²) in [6.45, 7) is 0.446. The Balaban J connectivity index is 1.60. The van der Waals surface area contributed by atoms with E-state index < -0.39 is 5.60 Å². The summed E-state index contributed by atoms with van der Waals surface area (Å²) < 4.78 is 11.1. The van der Waals surface area contributed by atoms with Crippen LogP contribution in [0.1, 0.15) is 28.6 Å². The average molecular weight is 454 g/mol. The molecule has 33 heavy (non-hydrogen) atoms. The Morgan fingerprint density at radius 2 is 1.67 bits per heavy atom. The van der Waals surface area contributed by atoms with E-state index in [0.717, 1.165) is 28.9 Å². The first-order chi connectivity index (χ1) is 16.3. The molecule has 0 radical (unpaired) electrons. The monoisotopic (exact) mass is 453 g/mol. The van der Waals surface area contributed by atoms with Crippen LogP contribution in [-0.2, 0) is 23.4 Å². The number of rotatable bonds is 5. The zero-order valence-corrected chi connectivity index (χ0v) is 19.2. The summed E-state index contributed by atoms with van der Waals surface area (Å²) in [5, 5.41) is 6.02. The molecular weight excluding hydrogens is 428 g/mol. The highest BCUT2D eigenvalue weighted by Gasteiger charge is 2.52. The zero-order chi connectivity index (χ0) is 22.3. The molecule has 1 atom stereocenters. The molecular formula is C27H25N4OS+. The number of hydrogen-bond donors (Lipinski definition) is 1. The van der Waals surface area contributed by atoms with Crippen LogP contribution in [0.4, 0.5) is 0 Å². The molecule has 5 nitrogen and oxygen atoms in total. The Morgan fingerprint density at radius 3 is 2.36 bits per heavy atom. The van der Waals surface area contributed by atoms with Gasteiger partial charge in [-0.1, -0.05) is 82.9 Å². The Kier molecular flexibility index (Phi) is 5.04. The number of fused-ring (bicyclic) bond motifs is 2. The van der Waals surface area contributed by atoms with Gasteiger partial charge in [0.15, 0.2) is 5.60 Å². The maximum absolute atomic E-state index is 6.88. The zero-order valence-electron chi connectivity index (χ0n) is 18.4. The number of H-pyrrole nitrogens is 1. The number of ether oxygens (including phenoxy) is 1. The molecule has 0 saturated carbocycles. The fourth-order valence-corrected chi connectivity index (χ4v) is 5.50. The Hall–Kier alpha value is -3.35. The van der Waals surface area contributed by atoms with Gasteiger partial charge >= 0.3 is 0 Å². The number of hydrogen-bond acceptors (Lipinski definition) is 3. The predicted molar refractivity (Wildman–Crippen MR) is 131 cm³/mol. The van der Waals surface area contributed by atoms with Gasteiger partial charge in [0.05, 0.1) is 11.9 Å². The van der Waals surface area contributed by atoms with Gasteiger partial charge in [-0.25, -0.2) is 4.57 Å². The van der Waals surface area contributed by atoms with E-state index >= 15 is 0 Å². The average Bonchev–Trinajstić information content (AvgIpc) is 3.50. The van der Waals surface area contributed by atoms with Crippen LogP contribution in [0.5, 0.6) is 0 Å². The van der Waals surface area contributed by atoms with E-state index in [0.29, 0.717) is 6.61 Å². The maximum Gasteiger partial charge on any atom is 0.279 e. The van der Waals surface area contributed by atoms with Crippen molar-refractivity contribution in [1.82, 2.24) is 14.6 Å². The molecule has 0 amide bonds. The molecule has 3 heterocycles. The second kappa shape index (κ2) is 8.21. The van der Waals surface area contributed by atoms with Gasteiger partial charge in [-0.2, -0.15) is 0 Å². The number of para-hydroxylation sites is 1. The minimum absolute atomic E-state index is 0.0221. The minimum atomic E-state index is -0.648. The van der Waals surface area contributed by atoms with Gasteiger partial charge in [0.2, 0.25) is 0 Å². The van der Waals surface area contributed by atoms with Crippen LogP contribution in [0.25, 0.3) is 10.9 Å². The van der Waals surface area contributed by atoms with Crippen molar-refractivity contribution in [2.45, 2.75) is 24.7 Å². The third-order valence-corrected chi connectivity index (χ3v) is 7.20. The normalized spacial score (nSPS) is 17.2. The largest absolute Gasteiger partial charge is 0.361 e. The van der Waals surface area contributed by atoms with Gasteiger partial charge in [0, 0.05) is 29.8 Å². The van der Waals surface area contributed by atoms with E-state index in [-0.39, 0.29) is 6.04 Å². The van der Waals surface area contributed by atoms with E-state index in [4.69, 9.17) is 9.84 Å². The van der Waals surface area contributed by atoms with Crippen molar-refractivity contribution >= 4 is 22.9 Å². The second-order valence-corrected chi connectivity index (χ2v) is 9.10. The Bertz CT molecular complexity index is 1350. The van der Waals surface area contributed by atoms with Crippen LogP contribution in [0.3, 0.4) is 0 Å². The van der Waals surface area contributed by atoms with Crippen molar-refractivity contribution in [3.05, 3.63) is 120 Å². The minimum Gasteiger partial charge on any atom is -0.361 e. The van der Waals surface area contributed by atoms with Crippen molar-refractivity contribution in [1.29, 1.82) is 0 Å². The second-order valence-electron chi connectivity index (χ2n) is 8.36. The number of aromatic nitrogens is 4. The van der Waals surface area contributed by atoms with Crippen molar-refractivity contribution in [2.75, 3.05) is 6.26 Å². The molecule has 1 aliphatic rings. The lowest BCUT2D eigenvalue weighted by atomic mass is 9.76. The van der Waals surface area contributed by atoms with Crippen molar-refractivity contribution < 1.29 is 8.82 Å². The summed E-state index contributed by atoms with van der Waals surface area (Å²) in [7, 11) is 0. The lowest BCUT2D eigenvalue weighted by molar-refractivity contribution is -0.562. The highest BCUT2D eigenvalue weighted by molar-refractivity contribution is 7.92. The summed E-state index contributed by atoms with van der Waals surface area (Å²) in [4.78, 5) is 3.45. The van der Waals surface area contributed by atoms with Crippen LogP contribution < -0.4 is 4.09 Å². The van der Waals surface area contributed by atoms with Crippen LogP contribution in [0.15, 0.2) is 97.5 Å². The van der Waals surface area contributed by atoms with Crippen LogP contribution in [-0.4, -0.2) is 20.9 Å². The number of nitrogens with zero attached hydrogens (tertiary/aromatic N) is 3. The van der Waals surface area contributed by atoms with Crippen LogP contribution in [0.2, 0.25) is 0 Å². The molecule has 0 aliphatic carbocycles. The molecule has 2 aromatic heterocycles. The van der Waals surface area contributed by atoms with Gasteiger partial charge in [-0.15, -0.1) is 0 Å². The third kappa shape index (κ3) is 3.29. The molecule has 6 heteroatoms. The summed E-state index contributed by atoms with van der Waals surface area (Å²) in [5.41, 5.74) is 4.07. The first kappa shape index (κ1) is 20.3. The molecule has 0 fully saturated rings. The first-order valence-corrected chi connectivity index (χ1v) is 12.3. The number of aromatic amines is 1. The van der Waals surface area contributed by atoms with E-state index in [1.165, 1.54) is 10.9 Å². The highest BCUT2D eigenvalue weighted by atomic mass is 32.2. The van der Waals surface area contributed by atoms with E-state index in [1.54, 1.807) is 11.9 Å². The molecule has 0 unspecified atom stereocenters. The van der Waals surface area contributed by atoms with Crippen molar-refractivity contribution in [2.24, 2.45) is 0 Å². The van der Waals surface area contributed by atoms with Crippen molar-refractivity contribution in [3.8, 4) is 0 Å². The summed E-state index contributed by atoms with van der Waals surface area (Å²) in [5.74, 6) is 0.941. The number of benzene rings is 3. The first-order valence-electron chi connectivity index (χ1n) is 11.1. The lowest BCUT2D eigenvalue weighted by Gasteiger charge is -2.42. The van der Waals surface area contributed by atoms with Crippen molar-refractivity contribution in [3.63, 3.8) is 0 Å². The molecule has 6 rings (SSSR count). The quantitative estimate of drug-likeness (QED) is 0.380. The van der Waals surface area contributed by atoms with Crippen LogP contribution in [0, 0.1) is 0 Å². The van der Waals surface area contributed by atoms with E-state index in [9.17, 15) is 0 Å². The Labute approximate surface area is 197 Å². The molecule has 0 spiro atoms. The number of nitrogens with one attached hydrogen (secondary N) is 1. The fraction of sp³-hybridized carbons (Fsp3) is 0.185. The Morgan fingerprint density at radius 1 is 1.00 bits per heavy atom. The summed E-state index contributed by atoms with van der Waals surface area (Å²) in [6, 6.07) is 29.7. The lowest BCUT2D eigenvalue weighted by Crippen LogP contribution is -2.45. The molecule has 1 N–H and O–H groups in total. The predicted octanol–water partition coefficient (Wildman–Crippen LogP) is 5.04. The topological polar surface area (TPSA) is 46.7 Å². The smallest absolute Gasteiger partial charge is 0.279 e. The van der Waals surface area contributed by atoms with Gasteiger partial charge in [0.25, 0.3) is 12.2 Å². The SMILES string of the molecule is CS[n+]1cn2c(n1)COC(c1ccccc1)(c1ccccc1)[C@@H]2Cc1c[nH]c2ccccc12. The molecule has 3 aromatic carbocycles.